The van der Waals surface area contributed by atoms with Gasteiger partial charge in [0.1, 0.15) is 11.3 Å². The van der Waals surface area contributed by atoms with Gasteiger partial charge in [-0.2, -0.15) is 13.2 Å². The molecule has 3 aromatic rings. The SMILES string of the molecule is CC(C)Cc1nc2c(C(=O)NCc3ccccc3C(F)(F)F)cc(N)cc2[nH]1. The molecule has 28 heavy (non-hydrogen) atoms. The number of nitrogens with two attached hydrogens (primary N) is 1. The van der Waals surface area contributed by atoms with Crippen molar-refractivity contribution < 1.29 is 18.0 Å². The van der Waals surface area contributed by atoms with E-state index in [4.69, 9.17) is 5.73 Å². The number of carbonyl (C=O) groups is 1. The summed E-state index contributed by atoms with van der Waals surface area (Å²) < 4.78 is 39.4. The molecule has 0 spiro atoms. The molecule has 0 fully saturated rings. The molecule has 0 aliphatic rings. The number of hydrogen-bond acceptors (Lipinski definition) is 3. The fourth-order valence-electron chi connectivity index (χ4n) is 3.07. The maximum Gasteiger partial charge on any atom is 0.416 e. The number of imidazole rings is 1. The molecule has 1 heterocycles. The number of hydrogen-bond donors (Lipinski definition) is 3. The third-order valence-electron chi connectivity index (χ3n) is 4.27. The van der Waals surface area contributed by atoms with Crippen LogP contribution < -0.4 is 11.1 Å². The molecule has 4 N–H and O–H groups in total. The minimum absolute atomic E-state index is 0.00831. The second-order valence-electron chi connectivity index (χ2n) is 7.08. The first-order chi connectivity index (χ1) is 13.1. The van der Waals surface area contributed by atoms with Crippen LogP contribution in [0.4, 0.5) is 18.9 Å². The maximum absolute atomic E-state index is 13.1. The monoisotopic (exact) mass is 390 g/mol. The third kappa shape index (κ3) is 4.27. The Labute approximate surface area is 160 Å². The number of carbonyl (C=O) groups excluding carboxylic acids is 1. The Morgan fingerprint density at radius 3 is 2.64 bits per heavy atom. The molecule has 2 aromatic carbocycles. The van der Waals surface area contributed by atoms with Gasteiger partial charge in [0.05, 0.1) is 16.6 Å². The summed E-state index contributed by atoms with van der Waals surface area (Å²) in [5.74, 6) is 0.568. The van der Waals surface area contributed by atoms with Crippen molar-refractivity contribution >= 4 is 22.6 Å². The summed E-state index contributed by atoms with van der Waals surface area (Å²) in [5, 5.41) is 2.55. The lowest BCUT2D eigenvalue weighted by Gasteiger charge is -2.13. The lowest BCUT2D eigenvalue weighted by atomic mass is 10.1. The van der Waals surface area contributed by atoms with Crippen LogP contribution in [0.3, 0.4) is 0 Å². The Bertz CT molecular complexity index is 1010. The van der Waals surface area contributed by atoms with Crippen LogP contribution in [0.5, 0.6) is 0 Å². The number of amides is 1. The summed E-state index contributed by atoms with van der Waals surface area (Å²) in [4.78, 5) is 20.3. The van der Waals surface area contributed by atoms with Gasteiger partial charge in [-0.05, 0) is 29.7 Å². The number of alkyl halides is 3. The first-order valence-electron chi connectivity index (χ1n) is 8.86. The number of aromatic nitrogens is 2. The van der Waals surface area contributed by atoms with Crippen molar-refractivity contribution in [1.82, 2.24) is 15.3 Å². The number of halogens is 3. The molecule has 0 atom stereocenters. The van der Waals surface area contributed by atoms with Crippen LogP contribution in [0.1, 0.15) is 41.2 Å². The first kappa shape index (κ1) is 19.7. The quantitative estimate of drug-likeness (QED) is 0.568. The number of nitrogens with one attached hydrogen (secondary N) is 2. The summed E-state index contributed by atoms with van der Waals surface area (Å²) in [6.07, 6.45) is -3.78. The lowest BCUT2D eigenvalue weighted by Crippen LogP contribution is -2.25. The van der Waals surface area contributed by atoms with Gasteiger partial charge >= 0.3 is 6.18 Å². The Morgan fingerprint density at radius 2 is 1.96 bits per heavy atom. The molecule has 3 rings (SSSR count). The molecular weight excluding hydrogens is 369 g/mol. The largest absolute Gasteiger partial charge is 0.416 e. The topological polar surface area (TPSA) is 83.8 Å². The van der Waals surface area contributed by atoms with Crippen LogP contribution >= 0.6 is 0 Å². The van der Waals surface area contributed by atoms with Crippen molar-refractivity contribution in [3.05, 3.63) is 58.9 Å². The summed E-state index contributed by atoms with van der Waals surface area (Å²) in [6.45, 7) is 3.84. The van der Waals surface area contributed by atoms with Gasteiger partial charge in [0.15, 0.2) is 0 Å². The Balaban J connectivity index is 1.87. The van der Waals surface area contributed by atoms with E-state index in [1.165, 1.54) is 24.3 Å². The molecule has 0 radical (unpaired) electrons. The van der Waals surface area contributed by atoms with Crippen LogP contribution in [0.15, 0.2) is 36.4 Å². The minimum Gasteiger partial charge on any atom is -0.399 e. The number of nitrogens with zero attached hydrogens (tertiary/aromatic N) is 1. The molecule has 0 saturated heterocycles. The number of aromatic amines is 1. The number of rotatable bonds is 5. The third-order valence-corrected chi connectivity index (χ3v) is 4.27. The zero-order valence-electron chi connectivity index (χ0n) is 15.5. The predicted octanol–water partition coefficient (Wildman–Crippen LogP) is 4.29. The average Bonchev–Trinajstić information content (AvgIpc) is 2.99. The second-order valence-corrected chi connectivity index (χ2v) is 7.08. The number of H-pyrrole nitrogens is 1. The van der Waals surface area contributed by atoms with E-state index >= 15 is 0 Å². The molecule has 0 aliphatic carbocycles. The summed E-state index contributed by atoms with van der Waals surface area (Å²) in [7, 11) is 0. The highest BCUT2D eigenvalue weighted by atomic mass is 19.4. The molecule has 0 bridgehead atoms. The molecule has 148 valence electrons. The Hall–Kier alpha value is -3.03. The van der Waals surface area contributed by atoms with Crippen molar-refractivity contribution in [1.29, 1.82) is 0 Å². The van der Waals surface area contributed by atoms with E-state index in [-0.39, 0.29) is 17.7 Å². The summed E-state index contributed by atoms with van der Waals surface area (Å²) >= 11 is 0. The zero-order valence-corrected chi connectivity index (χ0v) is 15.5. The fourth-order valence-corrected chi connectivity index (χ4v) is 3.07. The van der Waals surface area contributed by atoms with Gasteiger partial charge in [-0.1, -0.05) is 32.0 Å². The highest BCUT2D eigenvalue weighted by Crippen LogP contribution is 2.31. The molecule has 1 amide bonds. The van der Waals surface area contributed by atoms with Crippen molar-refractivity contribution in [3.8, 4) is 0 Å². The first-order valence-corrected chi connectivity index (χ1v) is 8.86. The van der Waals surface area contributed by atoms with E-state index < -0.39 is 17.6 Å². The standard InChI is InChI=1S/C20H21F3N4O/c1-11(2)7-17-26-16-9-13(24)8-14(18(16)27-17)19(28)25-10-12-5-3-4-6-15(12)20(21,22)23/h3-6,8-9,11H,7,10,24H2,1-2H3,(H,25,28)(H,26,27). The Kier molecular flexibility index (Phi) is 5.31. The average molecular weight is 390 g/mol. The lowest BCUT2D eigenvalue weighted by molar-refractivity contribution is -0.138. The van der Waals surface area contributed by atoms with E-state index in [1.807, 2.05) is 13.8 Å². The molecule has 0 aliphatic heterocycles. The van der Waals surface area contributed by atoms with E-state index in [9.17, 15) is 18.0 Å². The molecule has 1 aromatic heterocycles. The molecule has 8 heteroatoms. The van der Waals surface area contributed by atoms with Gasteiger partial charge < -0.3 is 16.0 Å². The molecule has 5 nitrogen and oxygen atoms in total. The van der Waals surface area contributed by atoms with Crippen molar-refractivity contribution in [2.24, 2.45) is 5.92 Å². The van der Waals surface area contributed by atoms with E-state index in [0.717, 1.165) is 11.9 Å². The normalized spacial score (nSPS) is 11.9. The van der Waals surface area contributed by atoms with Crippen molar-refractivity contribution in [2.45, 2.75) is 33.0 Å². The van der Waals surface area contributed by atoms with Crippen LogP contribution in [-0.4, -0.2) is 15.9 Å². The molecule has 0 saturated carbocycles. The molecule has 0 unspecified atom stereocenters. The second kappa shape index (κ2) is 7.53. The van der Waals surface area contributed by atoms with Crippen LogP contribution in [0.25, 0.3) is 11.0 Å². The number of anilines is 1. The van der Waals surface area contributed by atoms with Crippen LogP contribution in [-0.2, 0) is 19.1 Å². The van der Waals surface area contributed by atoms with Gasteiger partial charge in [-0.3, -0.25) is 4.79 Å². The van der Waals surface area contributed by atoms with Crippen LogP contribution in [0, 0.1) is 5.92 Å². The maximum atomic E-state index is 13.1. The van der Waals surface area contributed by atoms with E-state index in [2.05, 4.69) is 15.3 Å². The molecular formula is C20H21F3N4O. The van der Waals surface area contributed by atoms with Crippen molar-refractivity contribution in [3.63, 3.8) is 0 Å². The smallest absolute Gasteiger partial charge is 0.399 e. The van der Waals surface area contributed by atoms with E-state index in [0.29, 0.717) is 29.1 Å². The number of nitrogen functional groups attached to an aromatic ring is 1. The minimum atomic E-state index is -4.49. The highest BCUT2D eigenvalue weighted by molar-refractivity contribution is 6.06. The van der Waals surface area contributed by atoms with Gasteiger partial charge in [-0.15, -0.1) is 0 Å². The van der Waals surface area contributed by atoms with Gasteiger partial charge in [0.2, 0.25) is 0 Å². The Morgan fingerprint density at radius 1 is 1.25 bits per heavy atom. The van der Waals surface area contributed by atoms with E-state index in [1.54, 1.807) is 6.07 Å². The zero-order chi connectivity index (χ0) is 20.5. The van der Waals surface area contributed by atoms with Crippen molar-refractivity contribution in [2.75, 3.05) is 5.73 Å². The van der Waals surface area contributed by atoms with Gasteiger partial charge in [-0.25, -0.2) is 4.98 Å². The van der Waals surface area contributed by atoms with Crippen LogP contribution in [0.2, 0.25) is 0 Å². The summed E-state index contributed by atoms with van der Waals surface area (Å²) in [5.41, 5.74) is 6.77. The predicted molar refractivity (Wildman–Crippen MR) is 102 cm³/mol. The fraction of sp³-hybridized carbons (Fsp3) is 0.300. The summed E-state index contributed by atoms with van der Waals surface area (Å²) in [6, 6.07) is 8.31. The number of benzene rings is 2. The van der Waals surface area contributed by atoms with Gasteiger partial charge in [0, 0.05) is 18.7 Å². The number of fused-ring (bicyclic) bond motifs is 1. The highest BCUT2D eigenvalue weighted by Gasteiger charge is 2.32. The van der Waals surface area contributed by atoms with Gasteiger partial charge in [0.25, 0.3) is 5.91 Å².